The molecule has 1 aliphatic heterocycles. The third kappa shape index (κ3) is 8.91. The van der Waals surface area contributed by atoms with Crippen LogP contribution in [0.1, 0.15) is 30.5 Å². The molecule has 0 aliphatic carbocycles. The summed E-state index contributed by atoms with van der Waals surface area (Å²) in [4.78, 5) is 37.0. The van der Waals surface area contributed by atoms with Gasteiger partial charge in [0.1, 0.15) is 24.1 Å². The number of amides is 2. The number of benzene rings is 3. The Hall–Kier alpha value is -3.78. The fraction of sp³-hybridized carbons (Fsp3) is 0.300. The average molecular weight is 684 g/mol. The molecule has 4 rings (SSSR count). The number of nitrogens with zero attached hydrogens (tertiary/aromatic N) is 2. The van der Waals surface area contributed by atoms with E-state index in [4.69, 9.17) is 28.3 Å². The first-order valence-electron chi connectivity index (χ1n) is 13.8. The van der Waals surface area contributed by atoms with Gasteiger partial charge in [-0.05, 0) is 54.4 Å². The van der Waals surface area contributed by atoms with Crippen molar-refractivity contribution in [3.63, 3.8) is 0 Å². The van der Waals surface area contributed by atoms with E-state index in [-0.39, 0.29) is 24.8 Å². The van der Waals surface area contributed by atoms with E-state index in [0.717, 1.165) is 27.6 Å². The molecule has 0 aromatic heterocycles. The number of carboxylic acid groups (broad SMARTS) is 1. The normalized spacial score (nSPS) is 14.4. The quantitative estimate of drug-likeness (QED) is 0.232. The largest absolute Gasteiger partial charge is 0.480 e. The minimum absolute atomic E-state index is 0.196. The van der Waals surface area contributed by atoms with Crippen molar-refractivity contribution >= 4 is 56.7 Å². The lowest BCUT2D eigenvalue weighted by Crippen LogP contribution is -2.62. The molecule has 3 aromatic rings. The van der Waals surface area contributed by atoms with Crippen molar-refractivity contribution in [2.75, 3.05) is 29.7 Å². The molecule has 15 heteroatoms. The van der Waals surface area contributed by atoms with E-state index in [0.29, 0.717) is 16.1 Å². The number of likely N-dealkylation sites (tertiary alicyclic amines) is 1. The minimum Gasteiger partial charge on any atom is -0.480 e. The highest BCUT2D eigenvalue weighted by Crippen LogP contribution is 2.37. The fourth-order valence-electron chi connectivity index (χ4n) is 5.00. The fourth-order valence-corrected chi connectivity index (χ4v) is 6.82. The maximum atomic E-state index is 14.3. The second-order valence-electron chi connectivity index (χ2n) is 10.5. The molecule has 1 unspecified atom stereocenters. The number of anilines is 1. The van der Waals surface area contributed by atoms with Crippen molar-refractivity contribution in [2.45, 2.75) is 31.5 Å². The van der Waals surface area contributed by atoms with Crippen LogP contribution in [0.4, 0.5) is 14.5 Å². The minimum atomic E-state index is -4.27. The van der Waals surface area contributed by atoms with E-state index >= 15 is 0 Å². The van der Waals surface area contributed by atoms with E-state index in [9.17, 15) is 31.6 Å². The van der Waals surface area contributed by atoms with Gasteiger partial charge < -0.3 is 15.7 Å². The van der Waals surface area contributed by atoms with E-state index in [1.165, 1.54) is 6.92 Å². The highest BCUT2D eigenvalue weighted by Gasteiger charge is 2.42. The number of aliphatic carboxylic acids is 1. The zero-order chi connectivity index (χ0) is 32.9. The van der Waals surface area contributed by atoms with Crippen molar-refractivity contribution in [3.8, 4) is 0 Å². The summed E-state index contributed by atoms with van der Waals surface area (Å²) in [6.07, 6.45) is -0.717. The van der Waals surface area contributed by atoms with E-state index in [1.807, 2.05) is 29.2 Å². The summed E-state index contributed by atoms with van der Waals surface area (Å²) in [5.41, 5.74) is 1.56. The number of nitrogens with one attached hydrogen (secondary N) is 2. The summed E-state index contributed by atoms with van der Waals surface area (Å²) in [6, 6.07) is 14.7. The van der Waals surface area contributed by atoms with Gasteiger partial charge in [-0.3, -0.25) is 23.6 Å². The smallest absolute Gasteiger partial charge is 0.325 e. The number of sulfonamides is 1. The molecule has 1 heterocycles. The van der Waals surface area contributed by atoms with Crippen molar-refractivity contribution in [1.82, 2.24) is 15.5 Å². The number of carbonyl (C=O) groups is 3. The third-order valence-electron chi connectivity index (χ3n) is 7.11. The summed E-state index contributed by atoms with van der Waals surface area (Å²) in [5.74, 6) is -5.53. The molecule has 3 aromatic carbocycles. The first kappa shape index (κ1) is 34.1. The standard InChI is InChI=1S/C30H30Cl2F2N4O6S/c1-18(30(41)42)36-28(40)15-27(39)35-10-11-45(43,44)38(25-13-23(33)12-24(34)14-25)26-16-37(17-26)29(19-2-6-21(31)7-3-19)20-4-8-22(32)9-5-20/h2-9,12-14,18,26,29H,10-11,15-17H2,1H3,(H,35,39)(H,36,40)(H,41,42). The van der Waals surface area contributed by atoms with Gasteiger partial charge >= 0.3 is 5.97 Å². The van der Waals surface area contributed by atoms with E-state index in [2.05, 4.69) is 10.6 Å². The number of carboxylic acids is 1. The van der Waals surface area contributed by atoms with Crippen molar-refractivity contribution in [1.29, 1.82) is 0 Å². The molecule has 0 saturated carbocycles. The SMILES string of the molecule is CC(NC(=O)CC(=O)NCCS(=O)(=O)N(c1cc(F)cc(F)c1)C1CN(C(c2ccc(Cl)cc2)c2ccc(Cl)cc2)C1)C(=O)O. The van der Waals surface area contributed by atoms with Crippen LogP contribution in [-0.2, 0) is 24.4 Å². The molecule has 10 nitrogen and oxygen atoms in total. The summed E-state index contributed by atoms with van der Waals surface area (Å²) in [7, 11) is -4.27. The second kappa shape index (κ2) is 14.5. The van der Waals surface area contributed by atoms with Crippen LogP contribution in [0.2, 0.25) is 10.0 Å². The highest BCUT2D eigenvalue weighted by molar-refractivity contribution is 7.92. The third-order valence-corrected chi connectivity index (χ3v) is 9.44. The van der Waals surface area contributed by atoms with E-state index < -0.39 is 70.2 Å². The Labute approximate surface area is 269 Å². The van der Waals surface area contributed by atoms with Gasteiger partial charge in [-0.1, -0.05) is 47.5 Å². The van der Waals surface area contributed by atoms with Crippen LogP contribution >= 0.6 is 23.2 Å². The van der Waals surface area contributed by atoms with Gasteiger partial charge in [0.15, 0.2) is 0 Å². The van der Waals surface area contributed by atoms with Crippen LogP contribution < -0.4 is 14.9 Å². The van der Waals surface area contributed by atoms with Crippen LogP contribution in [-0.4, -0.2) is 73.7 Å². The molecule has 0 spiro atoms. The number of rotatable bonds is 13. The molecular weight excluding hydrogens is 653 g/mol. The summed E-state index contributed by atoms with van der Waals surface area (Å²) < 4.78 is 56.8. The van der Waals surface area contributed by atoms with Crippen LogP contribution in [0, 0.1) is 11.6 Å². The Morgan fingerprint density at radius 1 is 0.933 bits per heavy atom. The lowest BCUT2D eigenvalue weighted by Gasteiger charge is -2.49. The molecule has 45 heavy (non-hydrogen) atoms. The van der Waals surface area contributed by atoms with E-state index in [1.54, 1.807) is 24.3 Å². The molecule has 3 N–H and O–H groups in total. The van der Waals surface area contributed by atoms with Gasteiger partial charge in [-0.2, -0.15) is 0 Å². The summed E-state index contributed by atoms with van der Waals surface area (Å²) in [5, 5.41) is 14.4. The van der Waals surface area contributed by atoms with Gasteiger partial charge in [0, 0.05) is 35.7 Å². The van der Waals surface area contributed by atoms with Gasteiger partial charge in [0.05, 0.1) is 23.5 Å². The molecule has 1 aliphatic rings. The molecule has 240 valence electrons. The molecule has 0 bridgehead atoms. The lowest BCUT2D eigenvalue weighted by atomic mass is 9.93. The van der Waals surface area contributed by atoms with Gasteiger partial charge in [-0.25, -0.2) is 17.2 Å². The monoisotopic (exact) mass is 682 g/mol. The van der Waals surface area contributed by atoms with Crippen molar-refractivity contribution < 1.29 is 36.7 Å². The predicted octanol–water partition coefficient (Wildman–Crippen LogP) is 3.98. The van der Waals surface area contributed by atoms with Gasteiger partial charge in [0.2, 0.25) is 21.8 Å². The summed E-state index contributed by atoms with van der Waals surface area (Å²) >= 11 is 12.2. The maximum Gasteiger partial charge on any atom is 0.325 e. The molecule has 1 saturated heterocycles. The topological polar surface area (TPSA) is 136 Å². The van der Waals surface area contributed by atoms with Crippen LogP contribution in [0.25, 0.3) is 0 Å². The number of halogens is 4. The van der Waals surface area contributed by atoms with Crippen molar-refractivity contribution in [2.24, 2.45) is 0 Å². The molecule has 2 amide bonds. The van der Waals surface area contributed by atoms with Crippen LogP contribution in [0.3, 0.4) is 0 Å². The zero-order valence-electron chi connectivity index (χ0n) is 23.9. The Balaban J connectivity index is 1.51. The second-order valence-corrected chi connectivity index (χ2v) is 13.3. The van der Waals surface area contributed by atoms with Gasteiger partial charge in [-0.15, -0.1) is 0 Å². The predicted molar refractivity (Wildman–Crippen MR) is 166 cm³/mol. The van der Waals surface area contributed by atoms with Crippen LogP contribution in [0.15, 0.2) is 66.7 Å². The van der Waals surface area contributed by atoms with Crippen molar-refractivity contribution in [3.05, 3.63) is 99.5 Å². The molecule has 1 atom stereocenters. The Kier molecular flexibility index (Phi) is 11.0. The molecule has 0 radical (unpaired) electrons. The Morgan fingerprint density at radius 2 is 1.44 bits per heavy atom. The number of carbonyl (C=O) groups excluding carboxylic acids is 2. The highest BCUT2D eigenvalue weighted by atomic mass is 35.5. The van der Waals surface area contributed by atoms with Gasteiger partial charge in [0.25, 0.3) is 0 Å². The first-order valence-corrected chi connectivity index (χ1v) is 16.1. The Bertz CT molecular complexity index is 1590. The first-order chi connectivity index (χ1) is 21.2. The van der Waals surface area contributed by atoms with Crippen LogP contribution in [0.5, 0.6) is 0 Å². The summed E-state index contributed by atoms with van der Waals surface area (Å²) in [6.45, 7) is 1.21. The lowest BCUT2D eigenvalue weighted by molar-refractivity contribution is -0.142. The maximum absolute atomic E-state index is 14.3. The number of hydrogen-bond acceptors (Lipinski definition) is 6. The number of hydrogen-bond donors (Lipinski definition) is 3. The average Bonchev–Trinajstić information content (AvgIpc) is 2.92. The Morgan fingerprint density at radius 3 is 1.93 bits per heavy atom. The molecule has 1 fully saturated rings. The molecular formula is C30H30Cl2F2N4O6S. The zero-order valence-corrected chi connectivity index (χ0v) is 26.2.